The fraction of sp³-hybridized carbons (Fsp3) is 0.947. The Kier molecular flexibility index (Phi) is 8.32. The van der Waals surface area contributed by atoms with Crippen molar-refractivity contribution in [2.75, 3.05) is 13.2 Å². The van der Waals surface area contributed by atoms with Crippen molar-refractivity contribution in [2.24, 2.45) is 11.8 Å². The predicted molar refractivity (Wildman–Crippen MR) is 99.5 cm³/mol. The molecule has 3 rings (SSSR count). The Morgan fingerprint density at radius 3 is 2.58 bits per heavy atom. The molecule has 2 aliphatic carbocycles. The minimum Gasteiger partial charge on any atom is -0.378 e. The predicted octanol–water partition coefficient (Wildman–Crippen LogP) is 3.43. The molecule has 5 heteroatoms. The fourth-order valence-electron chi connectivity index (χ4n) is 4.98. The Balaban J connectivity index is 0.00000208. The summed E-state index contributed by atoms with van der Waals surface area (Å²) >= 11 is 0. The summed E-state index contributed by atoms with van der Waals surface area (Å²) in [5, 5.41) is 6.73. The van der Waals surface area contributed by atoms with Gasteiger partial charge in [-0.2, -0.15) is 0 Å². The van der Waals surface area contributed by atoms with E-state index in [0.717, 1.165) is 31.9 Å². The maximum atomic E-state index is 12.4. The Labute approximate surface area is 153 Å². The van der Waals surface area contributed by atoms with E-state index >= 15 is 0 Å². The van der Waals surface area contributed by atoms with Gasteiger partial charge in [-0.1, -0.05) is 25.7 Å². The van der Waals surface area contributed by atoms with Gasteiger partial charge in [-0.15, -0.1) is 12.4 Å². The van der Waals surface area contributed by atoms with Crippen LogP contribution >= 0.6 is 12.4 Å². The van der Waals surface area contributed by atoms with Gasteiger partial charge in [0.1, 0.15) is 0 Å². The lowest BCUT2D eigenvalue weighted by atomic mass is 9.85. The molecule has 4 atom stereocenters. The number of ether oxygens (including phenoxy) is 1. The van der Waals surface area contributed by atoms with Crippen LogP contribution in [-0.4, -0.2) is 37.2 Å². The van der Waals surface area contributed by atoms with Crippen LogP contribution in [0.3, 0.4) is 0 Å². The smallest absolute Gasteiger partial charge is 0.237 e. The highest BCUT2D eigenvalue weighted by molar-refractivity contribution is 5.85. The van der Waals surface area contributed by atoms with Gasteiger partial charge in [-0.25, -0.2) is 0 Å². The molecule has 4 unspecified atom stereocenters. The van der Waals surface area contributed by atoms with Crippen molar-refractivity contribution in [3.05, 3.63) is 0 Å². The average molecular weight is 359 g/mol. The van der Waals surface area contributed by atoms with E-state index in [1.165, 1.54) is 51.4 Å². The first-order chi connectivity index (χ1) is 11.3. The van der Waals surface area contributed by atoms with Crippen LogP contribution in [0.15, 0.2) is 0 Å². The zero-order valence-electron chi connectivity index (χ0n) is 15.1. The van der Waals surface area contributed by atoms with Crippen LogP contribution in [0.5, 0.6) is 0 Å². The Hall–Kier alpha value is -0.320. The van der Waals surface area contributed by atoms with Crippen molar-refractivity contribution in [3.8, 4) is 0 Å². The van der Waals surface area contributed by atoms with E-state index in [-0.39, 0.29) is 24.4 Å². The van der Waals surface area contributed by atoms with E-state index in [2.05, 4.69) is 17.6 Å². The SMILES string of the molecule is CCOC(CCNC(=O)C1CC2CCCCC2N1)C1CCCC1.Cl. The second-order valence-corrected chi connectivity index (χ2v) is 7.72. The number of nitrogens with one attached hydrogen (secondary N) is 2. The first kappa shape index (κ1) is 20.0. The first-order valence-corrected chi connectivity index (χ1v) is 9.93. The molecule has 1 amide bonds. The maximum absolute atomic E-state index is 12.4. The van der Waals surface area contributed by atoms with Crippen LogP contribution < -0.4 is 10.6 Å². The van der Waals surface area contributed by atoms with Crippen molar-refractivity contribution < 1.29 is 9.53 Å². The summed E-state index contributed by atoms with van der Waals surface area (Å²) in [6.45, 7) is 3.61. The molecule has 0 bridgehead atoms. The quantitative estimate of drug-likeness (QED) is 0.733. The average Bonchev–Trinajstić information content (AvgIpc) is 3.23. The number of carbonyl (C=O) groups is 1. The summed E-state index contributed by atoms with van der Waals surface area (Å²) < 4.78 is 5.94. The van der Waals surface area contributed by atoms with Gasteiger partial charge in [0.2, 0.25) is 5.91 Å². The minimum absolute atomic E-state index is 0. The molecule has 24 heavy (non-hydrogen) atoms. The van der Waals surface area contributed by atoms with E-state index in [1.807, 2.05) is 0 Å². The summed E-state index contributed by atoms with van der Waals surface area (Å²) in [7, 11) is 0. The Morgan fingerprint density at radius 1 is 1.17 bits per heavy atom. The van der Waals surface area contributed by atoms with Gasteiger partial charge >= 0.3 is 0 Å². The van der Waals surface area contributed by atoms with Crippen molar-refractivity contribution in [1.82, 2.24) is 10.6 Å². The van der Waals surface area contributed by atoms with E-state index < -0.39 is 0 Å². The van der Waals surface area contributed by atoms with E-state index in [0.29, 0.717) is 18.1 Å². The van der Waals surface area contributed by atoms with Gasteiger partial charge < -0.3 is 15.4 Å². The second-order valence-electron chi connectivity index (χ2n) is 7.72. The number of hydrogen-bond donors (Lipinski definition) is 2. The van der Waals surface area contributed by atoms with Gasteiger partial charge in [0.25, 0.3) is 0 Å². The molecule has 0 aromatic carbocycles. The lowest BCUT2D eigenvalue weighted by Crippen LogP contribution is -2.44. The molecule has 1 saturated heterocycles. The number of amides is 1. The number of carbonyl (C=O) groups excluding carboxylic acids is 1. The van der Waals surface area contributed by atoms with Crippen LogP contribution in [-0.2, 0) is 9.53 Å². The van der Waals surface area contributed by atoms with Gasteiger partial charge in [0.15, 0.2) is 0 Å². The summed E-state index contributed by atoms with van der Waals surface area (Å²) in [5.41, 5.74) is 0. The van der Waals surface area contributed by atoms with Crippen LogP contribution in [0.4, 0.5) is 0 Å². The summed E-state index contributed by atoms with van der Waals surface area (Å²) in [6, 6.07) is 0.634. The number of halogens is 1. The van der Waals surface area contributed by atoms with Gasteiger partial charge in [0, 0.05) is 19.2 Å². The zero-order chi connectivity index (χ0) is 16.1. The van der Waals surface area contributed by atoms with E-state index in [4.69, 9.17) is 4.74 Å². The third-order valence-corrected chi connectivity index (χ3v) is 6.21. The third kappa shape index (κ3) is 5.09. The van der Waals surface area contributed by atoms with Crippen molar-refractivity contribution >= 4 is 18.3 Å². The highest BCUT2D eigenvalue weighted by atomic mass is 35.5. The molecular weight excluding hydrogens is 324 g/mol. The summed E-state index contributed by atoms with van der Waals surface area (Å²) in [6.07, 6.45) is 12.8. The zero-order valence-corrected chi connectivity index (χ0v) is 15.9. The molecule has 2 saturated carbocycles. The van der Waals surface area contributed by atoms with Crippen molar-refractivity contribution in [3.63, 3.8) is 0 Å². The first-order valence-electron chi connectivity index (χ1n) is 9.93. The largest absolute Gasteiger partial charge is 0.378 e. The van der Waals surface area contributed by atoms with Crippen molar-refractivity contribution in [1.29, 1.82) is 0 Å². The molecule has 3 aliphatic rings. The minimum atomic E-state index is 0. The van der Waals surface area contributed by atoms with Crippen LogP contribution in [0.2, 0.25) is 0 Å². The number of fused-ring (bicyclic) bond motifs is 1. The fourth-order valence-corrected chi connectivity index (χ4v) is 4.98. The molecular formula is C19H35ClN2O2. The Bertz CT molecular complexity index is 374. The number of hydrogen-bond acceptors (Lipinski definition) is 3. The number of rotatable bonds is 7. The third-order valence-electron chi connectivity index (χ3n) is 6.21. The molecule has 3 fully saturated rings. The maximum Gasteiger partial charge on any atom is 0.237 e. The molecule has 0 aromatic heterocycles. The highest BCUT2D eigenvalue weighted by Gasteiger charge is 2.38. The lowest BCUT2D eigenvalue weighted by molar-refractivity contribution is -0.123. The molecule has 4 nitrogen and oxygen atoms in total. The molecule has 0 aromatic rings. The molecule has 1 heterocycles. The molecule has 1 aliphatic heterocycles. The monoisotopic (exact) mass is 358 g/mol. The summed E-state index contributed by atoms with van der Waals surface area (Å²) in [5.74, 6) is 1.65. The highest BCUT2D eigenvalue weighted by Crippen LogP contribution is 2.33. The van der Waals surface area contributed by atoms with Crippen molar-refractivity contribution in [2.45, 2.75) is 89.3 Å². The molecule has 140 valence electrons. The van der Waals surface area contributed by atoms with E-state index in [9.17, 15) is 4.79 Å². The lowest BCUT2D eigenvalue weighted by Gasteiger charge is -2.24. The van der Waals surface area contributed by atoms with Crippen LogP contribution in [0.25, 0.3) is 0 Å². The molecule has 0 radical (unpaired) electrons. The van der Waals surface area contributed by atoms with Crippen LogP contribution in [0, 0.1) is 11.8 Å². The van der Waals surface area contributed by atoms with Crippen LogP contribution in [0.1, 0.15) is 71.1 Å². The van der Waals surface area contributed by atoms with Gasteiger partial charge in [-0.3, -0.25) is 4.79 Å². The van der Waals surface area contributed by atoms with Gasteiger partial charge in [0.05, 0.1) is 12.1 Å². The normalized spacial score (nSPS) is 31.3. The Morgan fingerprint density at radius 2 is 1.88 bits per heavy atom. The second kappa shape index (κ2) is 9.98. The van der Waals surface area contributed by atoms with E-state index in [1.54, 1.807) is 0 Å². The standard InChI is InChI=1S/C19H34N2O2.ClH/c1-2-23-18(14-7-3-4-8-14)11-12-20-19(22)17-13-15-9-5-6-10-16(15)21-17;/h14-18,21H,2-13H2,1H3,(H,20,22);1H. The topological polar surface area (TPSA) is 50.4 Å². The molecule has 2 N–H and O–H groups in total. The molecule has 0 spiro atoms. The van der Waals surface area contributed by atoms with Gasteiger partial charge in [-0.05, 0) is 57.3 Å². The summed E-state index contributed by atoms with van der Waals surface area (Å²) in [4.78, 5) is 12.4.